The van der Waals surface area contributed by atoms with Crippen LogP contribution in [0.2, 0.25) is 5.02 Å². The molecule has 0 atom stereocenters. The number of benzene rings is 2. The molecule has 2 aromatic carbocycles. The molecule has 140 valence electrons. The lowest BCUT2D eigenvalue weighted by Gasteiger charge is -2.19. The minimum atomic E-state index is -0.0908. The van der Waals surface area contributed by atoms with Crippen molar-refractivity contribution < 1.29 is 9.69 Å². The van der Waals surface area contributed by atoms with Crippen LogP contribution in [0.25, 0.3) is 16.3 Å². The summed E-state index contributed by atoms with van der Waals surface area (Å²) in [5.41, 5.74) is 2.93. The average Bonchev–Trinajstić information content (AvgIpc) is 3.03. The van der Waals surface area contributed by atoms with Crippen LogP contribution in [0, 0.1) is 6.92 Å². The molecule has 0 radical (unpaired) electrons. The van der Waals surface area contributed by atoms with Gasteiger partial charge in [-0.2, -0.15) is 0 Å². The van der Waals surface area contributed by atoms with E-state index in [2.05, 4.69) is 32.1 Å². The number of hydrogen-bond acceptors (Lipinski definition) is 3. The van der Waals surface area contributed by atoms with Crippen molar-refractivity contribution in [2.45, 2.75) is 6.92 Å². The fourth-order valence-corrected chi connectivity index (χ4v) is 3.93. The molecular weight excluding hydrogens is 378 g/mol. The highest BCUT2D eigenvalue weighted by molar-refractivity contribution is 7.22. The smallest absolute Gasteiger partial charge is 0.252 e. The molecule has 1 heterocycles. The van der Waals surface area contributed by atoms with E-state index < -0.39 is 0 Å². The summed E-state index contributed by atoms with van der Waals surface area (Å²) >= 11 is 7.73. The number of amides is 1. The van der Waals surface area contributed by atoms with Crippen molar-refractivity contribution >= 4 is 50.3 Å². The number of anilines is 1. The van der Waals surface area contributed by atoms with E-state index >= 15 is 0 Å². The topological polar surface area (TPSA) is 37.6 Å². The number of aromatic nitrogens is 1. The normalized spacial score (nSPS) is 11.6. The number of likely N-dealkylation sites (N-methyl/N-ethyl adjacent to an activating group) is 1. The van der Waals surface area contributed by atoms with E-state index in [4.69, 9.17) is 11.6 Å². The minimum absolute atomic E-state index is 0.0908. The first-order valence-corrected chi connectivity index (χ1v) is 10.0. The number of carbonyl (C=O) groups excluding carboxylic acids is 1. The second kappa shape index (κ2) is 8.65. The second-order valence-corrected chi connectivity index (χ2v) is 8.19. The molecule has 27 heavy (non-hydrogen) atoms. The lowest BCUT2D eigenvalue weighted by atomic mass is 10.2. The maximum atomic E-state index is 12.9. The second-order valence-electron chi connectivity index (χ2n) is 6.77. The van der Waals surface area contributed by atoms with Crippen molar-refractivity contribution in [3.05, 3.63) is 64.7 Å². The first kappa shape index (κ1) is 19.5. The van der Waals surface area contributed by atoms with Crippen LogP contribution in [0.1, 0.15) is 11.1 Å². The Morgan fingerprint density at radius 2 is 2.04 bits per heavy atom. The van der Waals surface area contributed by atoms with E-state index in [1.54, 1.807) is 28.4 Å². The molecular formula is C21H23ClN3OS+. The zero-order valence-electron chi connectivity index (χ0n) is 15.7. The van der Waals surface area contributed by atoms with Gasteiger partial charge in [0.2, 0.25) is 0 Å². The maximum Gasteiger partial charge on any atom is 0.252 e. The molecule has 0 bridgehead atoms. The van der Waals surface area contributed by atoms with Gasteiger partial charge in [-0.1, -0.05) is 47.2 Å². The van der Waals surface area contributed by atoms with Gasteiger partial charge in [-0.15, -0.1) is 0 Å². The molecule has 0 unspecified atom stereocenters. The summed E-state index contributed by atoms with van der Waals surface area (Å²) in [5, 5.41) is 1.35. The van der Waals surface area contributed by atoms with Crippen LogP contribution in [0.5, 0.6) is 0 Å². The highest BCUT2D eigenvalue weighted by Crippen LogP contribution is 2.29. The molecule has 0 spiro atoms. The minimum Gasteiger partial charge on any atom is -0.338 e. The van der Waals surface area contributed by atoms with E-state index in [-0.39, 0.29) is 5.91 Å². The summed E-state index contributed by atoms with van der Waals surface area (Å²) in [5.74, 6) is -0.0908. The van der Waals surface area contributed by atoms with Gasteiger partial charge in [0.25, 0.3) is 5.91 Å². The molecule has 0 aliphatic rings. The van der Waals surface area contributed by atoms with E-state index in [0.29, 0.717) is 11.6 Å². The Bertz CT molecular complexity index is 980. The highest BCUT2D eigenvalue weighted by atomic mass is 35.5. The van der Waals surface area contributed by atoms with Crippen LogP contribution >= 0.6 is 22.9 Å². The van der Waals surface area contributed by atoms with E-state index in [9.17, 15) is 4.79 Å². The van der Waals surface area contributed by atoms with Crippen LogP contribution in [-0.2, 0) is 4.79 Å². The van der Waals surface area contributed by atoms with Gasteiger partial charge >= 0.3 is 0 Å². The molecule has 0 saturated carbocycles. The van der Waals surface area contributed by atoms with Gasteiger partial charge in [0.15, 0.2) is 5.13 Å². The molecule has 3 aromatic rings. The SMILES string of the molecule is Cc1ccc2nc(N(CC[NH+](C)C)C(=O)/C=C/c3ccccc3Cl)sc2c1. The Morgan fingerprint density at radius 1 is 1.26 bits per heavy atom. The van der Waals surface area contributed by atoms with Crippen molar-refractivity contribution in [2.75, 3.05) is 32.1 Å². The number of aryl methyl sites for hydroxylation is 1. The summed E-state index contributed by atoms with van der Waals surface area (Å²) in [4.78, 5) is 20.6. The standard InChI is InChI=1S/C21H22ClN3OS/c1-15-8-10-18-19(14-15)27-21(23-18)25(13-12-24(2)3)20(26)11-9-16-6-4-5-7-17(16)22/h4-11,14H,12-13H2,1-3H3/p+1/b11-9+. The van der Waals surface area contributed by atoms with Crippen LogP contribution in [-0.4, -0.2) is 38.1 Å². The van der Waals surface area contributed by atoms with Gasteiger partial charge in [0.1, 0.15) is 0 Å². The number of halogens is 1. The zero-order chi connectivity index (χ0) is 19.4. The van der Waals surface area contributed by atoms with Crippen LogP contribution < -0.4 is 9.80 Å². The number of hydrogen-bond donors (Lipinski definition) is 1. The molecule has 3 rings (SSSR count). The number of fused-ring (bicyclic) bond motifs is 1. The number of quaternary nitrogens is 1. The van der Waals surface area contributed by atoms with Gasteiger partial charge < -0.3 is 4.90 Å². The third-order valence-electron chi connectivity index (χ3n) is 4.18. The molecule has 0 aliphatic heterocycles. The lowest BCUT2D eigenvalue weighted by Crippen LogP contribution is -3.06. The fourth-order valence-electron chi connectivity index (χ4n) is 2.63. The highest BCUT2D eigenvalue weighted by Gasteiger charge is 2.19. The third-order valence-corrected chi connectivity index (χ3v) is 5.56. The average molecular weight is 401 g/mol. The first-order chi connectivity index (χ1) is 12.9. The van der Waals surface area contributed by atoms with Crippen molar-refractivity contribution in [2.24, 2.45) is 0 Å². The van der Waals surface area contributed by atoms with E-state index in [1.807, 2.05) is 36.4 Å². The van der Waals surface area contributed by atoms with Crippen LogP contribution in [0.15, 0.2) is 48.5 Å². The van der Waals surface area contributed by atoms with Crippen LogP contribution in [0.3, 0.4) is 0 Å². The maximum absolute atomic E-state index is 12.9. The molecule has 1 amide bonds. The van der Waals surface area contributed by atoms with E-state index in [0.717, 1.165) is 27.5 Å². The Labute approximate surface area is 168 Å². The monoisotopic (exact) mass is 400 g/mol. The van der Waals surface area contributed by atoms with Crippen molar-refractivity contribution in [1.29, 1.82) is 0 Å². The van der Waals surface area contributed by atoms with Crippen molar-refractivity contribution in [3.8, 4) is 0 Å². The molecule has 1 aromatic heterocycles. The Morgan fingerprint density at radius 3 is 2.78 bits per heavy atom. The van der Waals surface area contributed by atoms with Crippen molar-refractivity contribution in [3.63, 3.8) is 0 Å². The van der Waals surface area contributed by atoms with E-state index in [1.165, 1.54) is 10.5 Å². The Balaban J connectivity index is 1.89. The fraction of sp³-hybridized carbons (Fsp3) is 0.238. The summed E-state index contributed by atoms with van der Waals surface area (Å²) in [6.45, 7) is 3.50. The molecule has 0 aliphatic carbocycles. The zero-order valence-corrected chi connectivity index (χ0v) is 17.3. The molecule has 1 N–H and O–H groups in total. The molecule has 4 nitrogen and oxygen atoms in total. The van der Waals surface area contributed by atoms with Gasteiger partial charge in [0, 0.05) is 11.1 Å². The van der Waals surface area contributed by atoms with Crippen molar-refractivity contribution in [1.82, 2.24) is 4.98 Å². The quantitative estimate of drug-likeness (QED) is 0.643. The third kappa shape index (κ3) is 4.95. The summed E-state index contributed by atoms with van der Waals surface area (Å²) < 4.78 is 1.09. The summed E-state index contributed by atoms with van der Waals surface area (Å²) in [6, 6.07) is 13.6. The predicted molar refractivity (Wildman–Crippen MR) is 115 cm³/mol. The predicted octanol–water partition coefficient (Wildman–Crippen LogP) is 3.45. The van der Waals surface area contributed by atoms with Gasteiger partial charge in [-0.3, -0.25) is 9.69 Å². The van der Waals surface area contributed by atoms with Gasteiger partial charge in [-0.25, -0.2) is 4.98 Å². The summed E-state index contributed by atoms with van der Waals surface area (Å²) in [6.07, 6.45) is 3.33. The number of nitrogens with zero attached hydrogens (tertiary/aromatic N) is 2. The summed E-state index contributed by atoms with van der Waals surface area (Å²) in [7, 11) is 4.15. The molecule has 0 fully saturated rings. The number of carbonyl (C=O) groups is 1. The van der Waals surface area contributed by atoms with Gasteiger partial charge in [0.05, 0.1) is 37.4 Å². The number of rotatable bonds is 6. The lowest BCUT2D eigenvalue weighted by molar-refractivity contribution is -0.856. The van der Waals surface area contributed by atoms with Gasteiger partial charge in [-0.05, 0) is 42.3 Å². The van der Waals surface area contributed by atoms with Crippen LogP contribution in [0.4, 0.5) is 5.13 Å². The largest absolute Gasteiger partial charge is 0.338 e. The molecule has 6 heteroatoms. The molecule has 0 saturated heterocycles. The first-order valence-electron chi connectivity index (χ1n) is 8.84. The number of thiazole rings is 1. The Kier molecular flexibility index (Phi) is 6.26. The number of nitrogens with one attached hydrogen (secondary N) is 1. The Hall–Kier alpha value is -2.21.